The van der Waals surface area contributed by atoms with E-state index in [1.54, 1.807) is 0 Å². The van der Waals surface area contributed by atoms with Crippen molar-refractivity contribution in [3.63, 3.8) is 0 Å². The fourth-order valence-electron chi connectivity index (χ4n) is 6.01. The highest BCUT2D eigenvalue weighted by atomic mass is 16.6. The third-order valence-electron chi connectivity index (χ3n) is 9.38. The Hall–Kier alpha value is -2.63. The smallest absolute Gasteiger partial charge is 0.306 e. The summed E-state index contributed by atoms with van der Waals surface area (Å²) in [4.78, 5) is 37.6. The molecule has 0 aliphatic carbocycles. The normalized spacial score (nSPS) is 12.4. The van der Waals surface area contributed by atoms with Crippen LogP contribution in [0.5, 0.6) is 0 Å². The van der Waals surface area contributed by atoms with E-state index in [1.165, 1.54) is 89.9 Å². The van der Waals surface area contributed by atoms with Gasteiger partial charge in [-0.05, 0) is 57.8 Å². The van der Waals surface area contributed by atoms with Crippen LogP contribution in [-0.4, -0.2) is 37.2 Å². The lowest BCUT2D eigenvalue weighted by Crippen LogP contribution is -2.30. The highest BCUT2D eigenvalue weighted by molar-refractivity contribution is 5.71. The molecule has 0 bridgehead atoms. The topological polar surface area (TPSA) is 78.9 Å². The molecule has 0 aromatic rings. The van der Waals surface area contributed by atoms with Crippen molar-refractivity contribution in [3.8, 4) is 0 Å². The molecule has 0 spiro atoms. The molecule has 0 aliphatic heterocycles. The SMILES string of the molecule is CC\C=C/C=C\C=C/CCCCCCCCCC(=O)OCC(COC(=O)CCCCCCCCCCC)OC(=O)CCCCCCC/C=C\CCCC. The number of unbranched alkanes of at least 4 members (excludes halogenated alkanes) is 22. The third-order valence-corrected chi connectivity index (χ3v) is 9.38. The standard InChI is InChI=1S/C47H82O6/c1-4-7-10-13-16-19-21-22-23-24-26-28-31-34-37-40-46(49)52-43-44(42-51-45(48)39-36-33-30-27-18-15-12-9-6-3)53-47(50)41-38-35-32-29-25-20-17-14-11-8-5-2/h7,10,13-14,16-17,19,21,44H,4-6,8-9,11-12,15,18,20,22-43H2,1-3H3/b10-7-,16-13-,17-14-,21-19-. The summed E-state index contributed by atoms with van der Waals surface area (Å²) in [7, 11) is 0. The Morgan fingerprint density at radius 2 is 0.774 bits per heavy atom. The van der Waals surface area contributed by atoms with Gasteiger partial charge < -0.3 is 14.2 Å². The van der Waals surface area contributed by atoms with Gasteiger partial charge in [-0.25, -0.2) is 0 Å². The lowest BCUT2D eigenvalue weighted by molar-refractivity contribution is -0.167. The van der Waals surface area contributed by atoms with E-state index in [9.17, 15) is 14.4 Å². The zero-order chi connectivity index (χ0) is 38.7. The summed E-state index contributed by atoms with van der Waals surface area (Å²) in [6, 6.07) is 0. The van der Waals surface area contributed by atoms with Crippen molar-refractivity contribution in [1.82, 2.24) is 0 Å². The average molecular weight is 743 g/mol. The number of carbonyl (C=O) groups is 3. The maximum atomic E-state index is 12.7. The zero-order valence-electron chi connectivity index (χ0n) is 34.8. The quantitative estimate of drug-likeness (QED) is 0.0205. The molecule has 0 aromatic heterocycles. The Balaban J connectivity index is 4.37. The van der Waals surface area contributed by atoms with E-state index in [4.69, 9.17) is 14.2 Å². The Labute approximate surface area is 327 Å². The van der Waals surface area contributed by atoms with Gasteiger partial charge in [0.1, 0.15) is 13.2 Å². The van der Waals surface area contributed by atoms with Crippen molar-refractivity contribution in [3.05, 3.63) is 48.6 Å². The van der Waals surface area contributed by atoms with Gasteiger partial charge in [-0.1, -0.05) is 185 Å². The molecule has 0 N–H and O–H groups in total. The minimum absolute atomic E-state index is 0.0795. The molecular weight excluding hydrogens is 661 g/mol. The van der Waals surface area contributed by atoms with Crippen molar-refractivity contribution in [2.45, 2.75) is 219 Å². The van der Waals surface area contributed by atoms with Crippen molar-refractivity contribution in [2.24, 2.45) is 0 Å². The second-order valence-electron chi connectivity index (χ2n) is 14.6. The molecule has 0 aromatic carbocycles. The lowest BCUT2D eigenvalue weighted by atomic mass is 10.1. The second kappa shape index (κ2) is 42.1. The van der Waals surface area contributed by atoms with Crippen LogP contribution < -0.4 is 0 Å². The molecular formula is C47H82O6. The fourth-order valence-corrected chi connectivity index (χ4v) is 6.01. The summed E-state index contributed by atoms with van der Waals surface area (Å²) in [6.07, 6.45) is 48.1. The molecule has 306 valence electrons. The van der Waals surface area contributed by atoms with Gasteiger partial charge in [0.05, 0.1) is 0 Å². The summed E-state index contributed by atoms with van der Waals surface area (Å²) < 4.78 is 16.6. The van der Waals surface area contributed by atoms with E-state index >= 15 is 0 Å². The van der Waals surface area contributed by atoms with E-state index in [2.05, 4.69) is 69.4 Å². The van der Waals surface area contributed by atoms with Crippen LogP contribution in [-0.2, 0) is 28.6 Å². The van der Waals surface area contributed by atoms with E-state index in [0.29, 0.717) is 19.3 Å². The molecule has 0 radical (unpaired) electrons. The van der Waals surface area contributed by atoms with Crippen LogP contribution in [0.25, 0.3) is 0 Å². The number of hydrogen-bond donors (Lipinski definition) is 0. The first-order valence-electron chi connectivity index (χ1n) is 22.2. The summed E-state index contributed by atoms with van der Waals surface area (Å²) in [5, 5.41) is 0. The third kappa shape index (κ3) is 40.4. The highest BCUT2D eigenvalue weighted by Gasteiger charge is 2.19. The molecule has 0 aliphatic rings. The number of hydrogen-bond acceptors (Lipinski definition) is 6. The van der Waals surface area contributed by atoms with Gasteiger partial charge in [-0.15, -0.1) is 0 Å². The van der Waals surface area contributed by atoms with Crippen molar-refractivity contribution in [2.75, 3.05) is 13.2 Å². The van der Waals surface area contributed by atoms with Gasteiger partial charge >= 0.3 is 17.9 Å². The van der Waals surface area contributed by atoms with Gasteiger partial charge in [0.15, 0.2) is 6.10 Å². The monoisotopic (exact) mass is 743 g/mol. The first-order valence-corrected chi connectivity index (χ1v) is 22.2. The summed E-state index contributed by atoms with van der Waals surface area (Å²) in [6.45, 7) is 6.42. The maximum absolute atomic E-state index is 12.7. The predicted molar refractivity (Wildman–Crippen MR) is 224 cm³/mol. The van der Waals surface area contributed by atoms with Crippen LogP contribution in [0.15, 0.2) is 48.6 Å². The van der Waals surface area contributed by atoms with Gasteiger partial charge in [-0.2, -0.15) is 0 Å². The Bertz CT molecular complexity index is 949. The van der Waals surface area contributed by atoms with E-state index < -0.39 is 6.10 Å². The van der Waals surface area contributed by atoms with Crippen molar-refractivity contribution >= 4 is 17.9 Å². The summed E-state index contributed by atoms with van der Waals surface area (Å²) in [5.41, 5.74) is 0. The number of allylic oxidation sites excluding steroid dienone is 8. The minimum atomic E-state index is -0.776. The van der Waals surface area contributed by atoms with E-state index in [1.807, 2.05) is 0 Å². The number of esters is 3. The molecule has 53 heavy (non-hydrogen) atoms. The zero-order valence-corrected chi connectivity index (χ0v) is 34.8. The number of ether oxygens (including phenoxy) is 3. The Morgan fingerprint density at radius 3 is 1.25 bits per heavy atom. The van der Waals surface area contributed by atoms with Crippen LogP contribution >= 0.6 is 0 Å². The summed E-state index contributed by atoms with van der Waals surface area (Å²) >= 11 is 0. The van der Waals surface area contributed by atoms with Crippen LogP contribution in [0.2, 0.25) is 0 Å². The van der Waals surface area contributed by atoms with Gasteiger partial charge in [-0.3, -0.25) is 14.4 Å². The lowest BCUT2D eigenvalue weighted by Gasteiger charge is -2.18. The highest BCUT2D eigenvalue weighted by Crippen LogP contribution is 2.14. The molecule has 0 heterocycles. The van der Waals surface area contributed by atoms with Crippen LogP contribution in [0.4, 0.5) is 0 Å². The van der Waals surface area contributed by atoms with Crippen molar-refractivity contribution < 1.29 is 28.6 Å². The first-order chi connectivity index (χ1) is 26.0. The molecule has 0 saturated carbocycles. The second-order valence-corrected chi connectivity index (χ2v) is 14.6. The van der Waals surface area contributed by atoms with Gasteiger partial charge in [0.2, 0.25) is 0 Å². The molecule has 0 saturated heterocycles. The van der Waals surface area contributed by atoms with Gasteiger partial charge in [0, 0.05) is 19.3 Å². The molecule has 1 atom stereocenters. The average Bonchev–Trinajstić information content (AvgIpc) is 3.15. The maximum Gasteiger partial charge on any atom is 0.306 e. The van der Waals surface area contributed by atoms with E-state index in [-0.39, 0.29) is 31.1 Å². The molecule has 6 heteroatoms. The van der Waals surface area contributed by atoms with E-state index in [0.717, 1.165) is 83.5 Å². The van der Waals surface area contributed by atoms with Crippen molar-refractivity contribution in [1.29, 1.82) is 0 Å². The number of rotatable bonds is 39. The van der Waals surface area contributed by atoms with Gasteiger partial charge in [0.25, 0.3) is 0 Å². The Kier molecular flexibility index (Phi) is 40.0. The molecule has 6 nitrogen and oxygen atoms in total. The number of carbonyl (C=O) groups excluding carboxylic acids is 3. The Morgan fingerprint density at radius 1 is 0.396 bits per heavy atom. The molecule has 0 amide bonds. The van der Waals surface area contributed by atoms with Crippen LogP contribution in [0, 0.1) is 0 Å². The molecule has 0 fully saturated rings. The predicted octanol–water partition coefficient (Wildman–Crippen LogP) is 14.0. The largest absolute Gasteiger partial charge is 0.462 e. The molecule has 0 rings (SSSR count). The fraction of sp³-hybridized carbons (Fsp3) is 0.766. The first kappa shape index (κ1) is 50.4. The summed E-state index contributed by atoms with van der Waals surface area (Å²) in [5.74, 6) is -0.907. The van der Waals surface area contributed by atoms with Crippen LogP contribution in [0.3, 0.4) is 0 Å². The van der Waals surface area contributed by atoms with Crippen LogP contribution in [0.1, 0.15) is 213 Å². The molecule has 1 unspecified atom stereocenters. The minimum Gasteiger partial charge on any atom is -0.462 e.